The molecule has 2 nitrogen and oxygen atoms in total. The van der Waals surface area contributed by atoms with Gasteiger partial charge in [0.1, 0.15) is 5.82 Å². The van der Waals surface area contributed by atoms with Gasteiger partial charge in [-0.15, -0.1) is 11.3 Å². The summed E-state index contributed by atoms with van der Waals surface area (Å²) >= 11 is 1.77. The van der Waals surface area contributed by atoms with E-state index in [1.807, 2.05) is 18.2 Å². The highest BCUT2D eigenvalue weighted by Crippen LogP contribution is 2.49. The molecule has 2 heterocycles. The third-order valence-corrected chi connectivity index (χ3v) is 12.6. The largest absolute Gasteiger partial charge is 0.292 e. The van der Waals surface area contributed by atoms with E-state index < -0.39 is 6.04 Å². The van der Waals surface area contributed by atoms with Crippen molar-refractivity contribution in [1.82, 2.24) is 9.55 Å². The van der Waals surface area contributed by atoms with Gasteiger partial charge in [-0.3, -0.25) is 4.57 Å². The highest BCUT2D eigenvalue weighted by atomic mass is 32.1. The Morgan fingerprint density at radius 1 is 0.448 bits per heavy atom. The Balaban J connectivity index is 1.13. The molecule has 0 aliphatic heterocycles. The van der Waals surface area contributed by atoms with Crippen LogP contribution in [0.1, 0.15) is 6.85 Å². The molecule has 0 spiro atoms. The van der Waals surface area contributed by atoms with Crippen LogP contribution >= 0.6 is 11.3 Å². The number of hydrogen-bond donors (Lipinski definition) is 0. The Labute approximate surface area is 346 Å². The molecule has 12 rings (SSSR count). The predicted molar refractivity (Wildman–Crippen MR) is 248 cm³/mol. The number of benzene rings is 10. The van der Waals surface area contributed by atoms with E-state index in [-0.39, 0.29) is 29.7 Å². The number of aromatic nitrogens is 2. The molecule has 0 aliphatic carbocycles. The third-order valence-electron chi connectivity index (χ3n) is 11.5. The minimum Gasteiger partial charge on any atom is -0.292 e. The van der Waals surface area contributed by atoms with Crippen LogP contribution in [0.4, 0.5) is 0 Å². The highest BCUT2D eigenvalue weighted by Gasteiger charge is 2.21. The van der Waals surface area contributed by atoms with Gasteiger partial charge in [0.15, 0.2) is 0 Å². The second kappa shape index (κ2) is 13.1. The summed E-state index contributed by atoms with van der Waals surface area (Å²) in [5.41, 5.74) is 8.93. The fourth-order valence-electron chi connectivity index (χ4n) is 8.97. The van der Waals surface area contributed by atoms with E-state index in [0.717, 1.165) is 82.7 Å². The fraction of sp³-hybridized carbons (Fsp3) is 0. The van der Waals surface area contributed by atoms with Crippen molar-refractivity contribution in [3.8, 4) is 50.5 Å². The summed E-state index contributed by atoms with van der Waals surface area (Å²) in [6, 6.07) is 59.8. The molecule has 0 saturated carbocycles. The number of para-hydroxylation sites is 2. The van der Waals surface area contributed by atoms with Crippen LogP contribution in [-0.2, 0) is 0 Å². The molecule has 2 aromatic heterocycles. The summed E-state index contributed by atoms with van der Waals surface area (Å²) in [4.78, 5) is 5.22. The first-order valence-electron chi connectivity index (χ1n) is 21.9. The van der Waals surface area contributed by atoms with Crippen LogP contribution in [0, 0.1) is 0 Å². The van der Waals surface area contributed by atoms with Crippen molar-refractivity contribution in [3.05, 3.63) is 206 Å². The molecule has 58 heavy (non-hydrogen) atoms. The Kier molecular flexibility index (Phi) is 6.37. The Hall–Kier alpha value is -7.33. The van der Waals surface area contributed by atoms with Crippen LogP contribution in [0.15, 0.2) is 206 Å². The van der Waals surface area contributed by atoms with E-state index in [1.165, 1.54) is 20.2 Å². The molecule has 3 heteroatoms. The molecule has 10 aromatic carbocycles. The van der Waals surface area contributed by atoms with Gasteiger partial charge in [-0.25, -0.2) is 4.98 Å². The van der Waals surface area contributed by atoms with Crippen molar-refractivity contribution in [2.45, 2.75) is 0 Å². The lowest BCUT2D eigenvalue weighted by Gasteiger charge is -2.19. The van der Waals surface area contributed by atoms with Crippen LogP contribution in [0.25, 0.3) is 114 Å². The van der Waals surface area contributed by atoms with E-state index in [9.17, 15) is 0 Å². The molecule has 0 N–H and O–H groups in total. The van der Waals surface area contributed by atoms with Crippen LogP contribution < -0.4 is 0 Å². The van der Waals surface area contributed by atoms with Gasteiger partial charge < -0.3 is 0 Å². The number of thiophene rings is 1. The summed E-state index contributed by atoms with van der Waals surface area (Å²) in [5.74, 6) is 0.850. The molecule has 0 saturated heterocycles. The van der Waals surface area contributed by atoms with Crippen LogP contribution in [-0.4, -0.2) is 9.55 Å². The second-order valence-electron chi connectivity index (χ2n) is 14.7. The van der Waals surface area contributed by atoms with Gasteiger partial charge in [-0.1, -0.05) is 170 Å². The zero-order chi connectivity index (χ0) is 42.5. The van der Waals surface area contributed by atoms with E-state index in [2.05, 4.69) is 162 Å². The zero-order valence-corrected chi connectivity index (χ0v) is 31.9. The molecule has 0 aliphatic rings. The maximum absolute atomic E-state index is 8.94. The number of imidazole rings is 1. The number of fused-ring (bicyclic) bond motifs is 7. The summed E-state index contributed by atoms with van der Waals surface area (Å²) in [6.45, 7) is 0. The third kappa shape index (κ3) is 5.07. The molecule has 12 aromatic rings. The lowest BCUT2D eigenvalue weighted by atomic mass is 9.84. The SMILES string of the molecule is [2H]c1c([2H])c([2H])c(-c2ccc3c(-c4ccc(-c5nc6ccccc6n5-c5cccc6ccccc56)cc4)c4ccccc4c(-c4cccc5sc6ccccc6c45)c3c2)c([2H])c1[2H]. The molecule has 0 amide bonds. The van der Waals surface area contributed by atoms with Gasteiger partial charge in [-0.2, -0.15) is 0 Å². The standard InChI is InChI=1S/C55H34N2S/c1-2-14-35(15-3-1)39-32-33-43-46(34-39)53(45-22-13-27-51-54(45)44-21-8-11-26-50(44)58-51)42-20-7-6-19-41(42)52(43)37-28-30-38(31-29-37)55-56-47-23-9-10-24-49(47)57(55)48-25-12-17-36-16-4-5-18-40(36)48/h1-34H/i1D,2D,3D,14D,15D. The number of hydrogen-bond acceptors (Lipinski definition) is 2. The monoisotopic (exact) mass is 759 g/mol. The number of nitrogens with zero attached hydrogens (tertiary/aromatic N) is 2. The van der Waals surface area contributed by atoms with Crippen molar-refractivity contribution in [3.63, 3.8) is 0 Å². The van der Waals surface area contributed by atoms with Gasteiger partial charge >= 0.3 is 0 Å². The van der Waals surface area contributed by atoms with E-state index >= 15 is 0 Å². The summed E-state index contributed by atoms with van der Waals surface area (Å²) in [7, 11) is 0. The molecule has 0 atom stereocenters. The normalized spacial score (nSPS) is 13.0. The van der Waals surface area contributed by atoms with Gasteiger partial charge in [0, 0.05) is 31.1 Å². The van der Waals surface area contributed by atoms with E-state index in [1.54, 1.807) is 11.3 Å². The minimum atomic E-state index is -0.407. The summed E-state index contributed by atoms with van der Waals surface area (Å²) < 4.78 is 47.9. The van der Waals surface area contributed by atoms with Gasteiger partial charge in [0.05, 0.1) is 23.6 Å². The first-order valence-corrected chi connectivity index (χ1v) is 20.2. The molecule has 270 valence electrons. The number of rotatable bonds is 5. The average Bonchev–Trinajstić information content (AvgIpc) is 3.91. The summed E-state index contributed by atoms with van der Waals surface area (Å²) in [6.07, 6.45) is 0. The van der Waals surface area contributed by atoms with Crippen LogP contribution in [0.2, 0.25) is 0 Å². The molecule has 0 fully saturated rings. The molecular weight excluding hydrogens is 721 g/mol. The lowest BCUT2D eigenvalue weighted by Crippen LogP contribution is -1.99. The molecule has 0 radical (unpaired) electrons. The maximum Gasteiger partial charge on any atom is 0.145 e. The molecule has 0 bridgehead atoms. The van der Waals surface area contributed by atoms with E-state index in [4.69, 9.17) is 11.8 Å². The molecule has 0 unspecified atom stereocenters. The summed E-state index contributed by atoms with van der Waals surface area (Å²) in [5, 5.41) is 8.73. The van der Waals surface area contributed by atoms with Gasteiger partial charge in [-0.05, 0) is 96.7 Å². The molecular formula is C55H34N2S. The van der Waals surface area contributed by atoms with Gasteiger partial charge in [0.2, 0.25) is 0 Å². The lowest BCUT2D eigenvalue weighted by molar-refractivity contribution is 1.11. The Morgan fingerprint density at radius 3 is 1.95 bits per heavy atom. The predicted octanol–water partition coefficient (Wildman–Crippen LogP) is 15.5. The quantitative estimate of drug-likeness (QED) is 0.160. The maximum atomic E-state index is 8.94. The van der Waals surface area contributed by atoms with Crippen molar-refractivity contribution in [2.24, 2.45) is 0 Å². The first-order chi connectivity index (χ1) is 30.9. The van der Waals surface area contributed by atoms with E-state index in [0.29, 0.717) is 5.56 Å². The first kappa shape index (κ1) is 28.1. The van der Waals surface area contributed by atoms with Gasteiger partial charge in [0.25, 0.3) is 0 Å². The average molecular weight is 760 g/mol. The zero-order valence-electron chi connectivity index (χ0n) is 36.0. The second-order valence-corrected chi connectivity index (χ2v) is 15.8. The van der Waals surface area contributed by atoms with Crippen molar-refractivity contribution in [1.29, 1.82) is 0 Å². The Bertz CT molecular complexity index is 3830. The van der Waals surface area contributed by atoms with Crippen molar-refractivity contribution in [2.75, 3.05) is 0 Å². The fourth-order valence-corrected chi connectivity index (χ4v) is 10.1. The minimum absolute atomic E-state index is 0.182. The smallest absolute Gasteiger partial charge is 0.145 e. The van der Waals surface area contributed by atoms with Crippen molar-refractivity contribution < 1.29 is 6.85 Å². The van der Waals surface area contributed by atoms with Crippen LogP contribution in [0.5, 0.6) is 0 Å². The van der Waals surface area contributed by atoms with Crippen molar-refractivity contribution >= 4 is 74.9 Å². The topological polar surface area (TPSA) is 17.8 Å². The Morgan fingerprint density at radius 2 is 1.09 bits per heavy atom. The van der Waals surface area contributed by atoms with Crippen LogP contribution in [0.3, 0.4) is 0 Å². The highest BCUT2D eigenvalue weighted by molar-refractivity contribution is 7.26.